The van der Waals surface area contributed by atoms with Crippen LogP contribution in [0.15, 0.2) is 59.8 Å². The molecule has 0 saturated carbocycles. The fraction of sp³-hybridized carbons (Fsp3) is 0.375. The van der Waals surface area contributed by atoms with Crippen molar-refractivity contribution in [3.05, 3.63) is 60.2 Å². The predicted molar refractivity (Wildman–Crippen MR) is 124 cm³/mol. The SMILES string of the molecule is O=C(CSc1nc2ccccc2n1CC(=O)N1CCCCC1)NCCc1ccccc1. The first-order chi connectivity index (χ1) is 15.2. The number of hydrogen-bond acceptors (Lipinski definition) is 4. The highest BCUT2D eigenvalue weighted by Gasteiger charge is 2.20. The van der Waals surface area contributed by atoms with Gasteiger partial charge in [0.2, 0.25) is 11.8 Å². The van der Waals surface area contributed by atoms with E-state index < -0.39 is 0 Å². The Balaban J connectivity index is 1.38. The van der Waals surface area contributed by atoms with Crippen molar-refractivity contribution in [1.29, 1.82) is 0 Å². The highest BCUT2D eigenvalue weighted by Crippen LogP contribution is 2.24. The van der Waals surface area contributed by atoms with E-state index in [0.29, 0.717) is 11.7 Å². The number of aromatic nitrogens is 2. The molecule has 1 saturated heterocycles. The minimum absolute atomic E-state index is 0.0260. The summed E-state index contributed by atoms with van der Waals surface area (Å²) in [6.07, 6.45) is 4.14. The fourth-order valence-electron chi connectivity index (χ4n) is 3.87. The summed E-state index contributed by atoms with van der Waals surface area (Å²) in [4.78, 5) is 31.9. The number of carbonyl (C=O) groups excluding carboxylic acids is 2. The molecule has 0 radical (unpaired) electrons. The van der Waals surface area contributed by atoms with Gasteiger partial charge in [-0.1, -0.05) is 54.2 Å². The molecule has 162 valence electrons. The van der Waals surface area contributed by atoms with E-state index in [2.05, 4.69) is 22.4 Å². The Morgan fingerprint density at radius 1 is 0.968 bits per heavy atom. The molecule has 6 nitrogen and oxygen atoms in total. The quantitative estimate of drug-likeness (QED) is 0.549. The number of hydrogen-bond donors (Lipinski definition) is 1. The van der Waals surface area contributed by atoms with Gasteiger partial charge >= 0.3 is 0 Å². The van der Waals surface area contributed by atoms with Gasteiger partial charge in [-0.2, -0.15) is 0 Å². The molecule has 1 fully saturated rings. The summed E-state index contributed by atoms with van der Waals surface area (Å²) in [5.74, 6) is 0.370. The van der Waals surface area contributed by atoms with Crippen molar-refractivity contribution in [2.45, 2.75) is 37.4 Å². The van der Waals surface area contributed by atoms with E-state index in [1.807, 2.05) is 51.9 Å². The van der Waals surface area contributed by atoms with Gasteiger partial charge in [0, 0.05) is 19.6 Å². The molecule has 1 N–H and O–H groups in total. The van der Waals surface area contributed by atoms with Crippen molar-refractivity contribution in [3.8, 4) is 0 Å². The summed E-state index contributed by atoms with van der Waals surface area (Å²) in [6.45, 7) is 2.53. The lowest BCUT2D eigenvalue weighted by Crippen LogP contribution is -2.37. The van der Waals surface area contributed by atoms with Crippen LogP contribution < -0.4 is 5.32 Å². The van der Waals surface area contributed by atoms with Gasteiger partial charge in [0.05, 0.1) is 16.8 Å². The lowest BCUT2D eigenvalue weighted by molar-refractivity contribution is -0.132. The molecule has 2 aromatic carbocycles. The van der Waals surface area contributed by atoms with Crippen LogP contribution >= 0.6 is 11.8 Å². The average Bonchev–Trinajstić information content (AvgIpc) is 3.16. The summed E-state index contributed by atoms with van der Waals surface area (Å²) < 4.78 is 1.95. The third-order valence-corrected chi connectivity index (χ3v) is 6.51. The zero-order chi connectivity index (χ0) is 21.5. The minimum Gasteiger partial charge on any atom is -0.355 e. The topological polar surface area (TPSA) is 67.2 Å². The number of imidazole rings is 1. The third-order valence-electron chi connectivity index (χ3n) is 5.53. The molecular weight excluding hydrogens is 408 g/mol. The molecule has 0 spiro atoms. The second-order valence-electron chi connectivity index (χ2n) is 7.78. The van der Waals surface area contributed by atoms with E-state index in [1.165, 1.54) is 23.7 Å². The van der Waals surface area contributed by atoms with Crippen LogP contribution in [0.1, 0.15) is 24.8 Å². The highest BCUT2D eigenvalue weighted by molar-refractivity contribution is 7.99. The van der Waals surface area contributed by atoms with Crippen LogP contribution in [0.3, 0.4) is 0 Å². The van der Waals surface area contributed by atoms with Gasteiger partial charge in [0.1, 0.15) is 6.54 Å². The van der Waals surface area contributed by atoms with Crippen molar-refractivity contribution in [1.82, 2.24) is 19.8 Å². The van der Waals surface area contributed by atoms with Crippen LogP contribution in [0.4, 0.5) is 0 Å². The van der Waals surface area contributed by atoms with Crippen LogP contribution in [-0.4, -0.2) is 51.7 Å². The van der Waals surface area contributed by atoms with Crippen molar-refractivity contribution in [2.24, 2.45) is 0 Å². The standard InChI is InChI=1S/C24H28N4O2S/c29-22(25-14-13-19-9-3-1-4-10-19)18-31-24-26-20-11-5-6-12-21(20)28(24)17-23(30)27-15-7-2-8-16-27/h1,3-6,9-12H,2,7-8,13-18H2,(H,25,29). The van der Waals surface area contributed by atoms with Gasteiger partial charge < -0.3 is 14.8 Å². The first-order valence-electron chi connectivity index (χ1n) is 10.9. The Labute approximate surface area is 187 Å². The van der Waals surface area contributed by atoms with Gasteiger partial charge in [-0.25, -0.2) is 4.98 Å². The van der Waals surface area contributed by atoms with E-state index in [0.717, 1.165) is 43.4 Å². The van der Waals surface area contributed by atoms with Crippen molar-refractivity contribution < 1.29 is 9.59 Å². The number of carbonyl (C=O) groups is 2. The number of piperidine rings is 1. The third kappa shape index (κ3) is 5.67. The Morgan fingerprint density at radius 2 is 1.71 bits per heavy atom. The number of nitrogens with zero attached hydrogens (tertiary/aromatic N) is 3. The number of rotatable bonds is 8. The first-order valence-corrected chi connectivity index (χ1v) is 11.9. The number of thioether (sulfide) groups is 1. The number of fused-ring (bicyclic) bond motifs is 1. The maximum atomic E-state index is 12.9. The van der Waals surface area contributed by atoms with Gasteiger partial charge in [-0.3, -0.25) is 9.59 Å². The Kier molecular flexibility index (Phi) is 7.25. The average molecular weight is 437 g/mol. The molecule has 1 aliphatic heterocycles. The van der Waals surface area contributed by atoms with Crippen molar-refractivity contribution >= 4 is 34.6 Å². The normalized spacial score (nSPS) is 14.0. The van der Waals surface area contributed by atoms with Crippen molar-refractivity contribution in [2.75, 3.05) is 25.4 Å². The molecule has 2 heterocycles. The maximum Gasteiger partial charge on any atom is 0.242 e. The van der Waals surface area contributed by atoms with Crippen LogP contribution in [0.5, 0.6) is 0 Å². The maximum absolute atomic E-state index is 12.9. The second-order valence-corrected chi connectivity index (χ2v) is 8.73. The number of nitrogens with one attached hydrogen (secondary N) is 1. The van der Waals surface area contributed by atoms with Crippen molar-refractivity contribution in [3.63, 3.8) is 0 Å². The molecule has 0 aliphatic carbocycles. The zero-order valence-electron chi connectivity index (χ0n) is 17.6. The molecule has 4 rings (SSSR count). The summed E-state index contributed by atoms with van der Waals surface area (Å²) in [5.41, 5.74) is 2.98. The largest absolute Gasteiger partial charge is 0.355 e. The second kappa shape index (κ2) is 10.5. The van der Waals surface area contributed by atoms with Gasteiger partial charge in [0.25, 0.3) is 0 Å². The number of likely N-dealkylation sites (tertiary alicyclic amines) is 1. The summed E-state index contributed by atoms with van der Waals surface area (Å²) >= 11 is 1.38. The molecule has 0 atom stereocenters. The lowest BCUT2D eigenvalue weighted by atomic mass is 10.1. The molecule has 1 aliphatic rings. The molecule has 3 aromatic rings. The number of para-hydroxylation sites is 2. The minimum atomic E-state index is -0.0260. The van der Waals surface area contributed by atoms with E-state index in [9.17, 15) is 9.59 Å². The molecule has 2 amide bonds. The number of amides is 2. The molecule has 7 heteroatoms. The van der Waals surface area contributed by atoms with Crippen LogP contribution in [0.2, 0.25) is 0 Å². The lowest BCUT2D eigenvalue weighted by Gasteiger charge is -2.27. The fourth-order valence-corrected chi connectivity index (χ4v) is 4.71. The van der Waals surface area contributed by atoms with Crippen LogP contribution in [0.25, 0.3) is 11.0 Å². The molecule has 1 aromatic heterocycles. The van der Waals surface area contributed by atoms with E-state index in [-0.39, 0.29) is 24.1 Å². The van der Waals surface area contributed by atoms with Crippen LogP contribution in [-0.2, 0) is 22.6 Å². The molecule has 31 heavy (non-hydrogen) atoms. The molecule has 0 unspecified atom stereocenters. The molecule has 0 bridgehead atoms. The predicted octanol–water partition coefficient (Wildman–Crippen LogP) is 3.50. The van der Waals surface area contributed by atoms with E-state index in [4.69, 9.17) is 0 Å². The Morgan fingerprint density at radius 3 is 2.52 bits per heavy atom. The van der Waals surface area contributed by atoms with Gasteiger partial charge in [0.15, 0.2) is 5.16 Å². The summed E-state index contributed by atoms with van der Waals surface area (Å²) in [5, 5.41) is 3.69. The molecular formula is C24H28N4O2S. The number of benzene rings is 2. The zero-order valence-corrected chi connectivity index (χ0v) is 18.4. The summed E-state index contributed by atoms with van der Waals surface area (Å²) in [6, 6.07) is 17.9. The Hall–Kier alpha value is -2.80. The highest BCUT2D eigenvalue weighted by atomic mass is 32.2. The Bertz CT molecular complexity index is 1030. The summed E-state index contributed by atoms with van der Waals surface area (Å²) in [7, 11) is 0. The van der Waals surface area contributed by atoms with E-state index in [1.54, 1.807) is 0 Å². The smallest absolute Gasteiger partial charge is 0.242 e. The monoisotopic (exact) mass is 436 g/mol. The first kappa shape index (κ1) is 21.4. The van der Waals surface area contributed by atoms with E-state index >= 15 is 0 Å². The van der Waals surface area contributed by atoms with Gasteiger partial charge in [-0.05, 0) is 43.4 Å². The van der Waals surface area contributed by atoms with Gasteiger partial charge in [-0.15, -0.1) is 0 Å². The van der Waals surface area contributed by atoms with Crippen LogP contribution in [0, 0.1) is 0 Å².